The molecular formula is C13H18N2O4. The van der Waals surface area contributed by atoms with E-state index in [1.807, 2.05) is 0 Å². The normalized spacial score (nSPS) is 17.9. The molecule has 1 atom stereocenters. The van der Waals surface area contributed by atoms with E-state index in [1.165, 1.54) is 0 Å². The molecule has 1 aromatic carbocycles. The summed E-state index contributed by atoms with van der Waals surface area (Å²) in [5, 5.41) is 5.60. The average Bonchev–Trinajstić information content (AvgIpc) is 2.91. The summed E-state index contributed by atoms with van der Waals surface area (Å²) >= 11 is 0. The van der Waals surface area contributed by atoms with E-state index in [2.05, 4.69) is 10.6 Å². The first-order valence-corrected chi connectivity index (χ1v) is 6.10. The van der Waals surface area contributed by atoms with E-state index in [1.54, 1.807) is 32.4 Å². The van der Waals surface area contributed by atoms with Gasteiger partial charge in [0, 0.05) is 18.4 Å². The Morgan fingerprint density at radius 1 is 1.32 bits per heavy atom. The van der Waals surface area contributed by atoms with Crippen LogP contribution in [0.3, 0.4) is 0 Å². The molecule has 2 amide bonds. The molecule has 2 N–H and O–H groups in total. The largest absolute Gasteiger partial charge is 0.493 e. The number of methoxy groups -OCH3 is 2. The Morgan fingerprint density at radius 2 is 2.11 bits per heavy atom. The maximum absolute atomic E-state index is 11.8. The van der Waals surface area contributed by atoms with Crippen molar-refractivity contribution in [3.8, 4) is 11.5 Å². The molecule has 6 nitrogen and oxygen atoms in total. The van der Waals surface area contributed by atoms with Crippen molar-refractivity contribution in [3.63, 3.8) is 0 Å². The molecule has 1 aliphatic rings. The Balaban J connectivity index is 1.96. The second-order valence-corrected chi connectivity index (χ2v) is 4.23. The second-order valence-electron chi connectivity index (χ2n) is 4.23. The Morgan fingerprint density at radius 3 is 2.74 bits per heavy atom. The predicted octanol–water partition coefficient (Wildman–Crippen LogP) is 1.61. The van der Waals surface area contributed by atoms with Crippen LogP contribution in [-0.2, 0) is 4.74 Å². The monoisotopic (exact) mass is 266 g/mol. The van der Waals surface area contributed by atoms with Gasteiger partial charge < -0.3 is 24.8 Å². The van der Waals surface area contributed by atoms with Crippen LogP contribution in [-0.4, -0.2) is 39.5 Å². The van der Waals surface area contributed by atoms with E-state index in [0.717, 1.165) is 6.42 Å². The molecule has 19 heavy (non-hydrogen) atoms. The SMILES string of the molecule is COc1ccc(NC(=O)NC2CCOC2)cc1OC. The Hall–Kier alpha value is -1.95. The first-order chi connectivity index (χ1) is 9.22. The molecule has 2 rings (SSSR count). The van der Waals surface area contributed by atoms with Crippen molar-refractivity contribution < 1.29 is 19.0 Å². The molecule has 6 heteroatoms. The first kappa shape index (κ1) is 13.5. The minimum atomic E-state index is -0.247. The third-order valence-electron chi connectivity index (χ3n) is 2.91. The number of hydrogen-bond acceptors (Lipinski definition) is 4. The van der Waals surface area contributed by atoms with Gasteiger partial charge in [0.2, 0.25) is 0 Å². The standard InChI is InChI=1S/C13H18N2O4/c1-17-11-4-3-9(7-12(11)18-2)14-13(16)15-10-5-6-19-8-10/h3-4,7,10H,5-6,8H2,1-2H3,(H2,14,15,16). The fourth-order valence-corrected chi connectivity index (χ4v) is 1.91. The fraction of sp³-hybridized carbons (Fsp3) is 0.462. The smallest absolute Gasteiger partial charge is 0.319 e. The second kappa shape index (κ2) is 6.29. The van der Waals surface area contributed by atoms with Gasteiger partial charge in [0.1, 0.15) is 0 Å². The minimum Gasteiger partial charge on any atom is -0.493 e. The Kier molecular flexibility index (Phi) is 4.46. The van der Waals surface area contributed by atoms with E-state index >= 15 is 0 Å². The highest BCUT2D eigenvalue weighted by atomic mass is 16.5. The lowest BCUT2D eigenvalue weighted by Gasteiger charge is -2.13. The summed E-state index contributed by atoms with van der Waals surface area (Å²) in [5.41, 5.74) is 0.647. The summed E-state index contributed by atoms with van der Waals surface area (Å²) in [5.74, 6) is 1.20. The molecule has 0 spiro atoms. The molecule has 1 unspecified atom stereocenters. The number of carbonyl (C=O) groups excluding carboxylic acids is 1. The van der Waals surface area contributed by atoms with Crippen LogP contribution >= 0.6 is 0 Å². The Labute approximate surface area is 112 Å². The highest BCUT2D eigenvalue weighted by Crippen LogP contribution is 2.29. The molecule has 0 radical (unpaired) electrons. The van der Waals surface area contributed by atoms with Crippen LogP contribution in [0.25, 0.3) is 0 Å². The van der Waals surface area contributed by atoms with Gasteiger partial charge >= 0.3 is 6.03 Å². The van der Waals surface area contributed by atoms with Crippen molar-refractivity contribution >= 4 is 11.7 Å². The van der Waals surface area contributed by atoms with E-state index in [4.69, 9.17) is 14.2 Å². The number of amides is 2. The maximum Gasteiger partial charge on any atom is 0.319 e. The number of ether oxygens (including phenoxy) is 3. The van der Waals surface area contributed by atoms with Gasteiger partial charge in [-0.25, -0.2) is 4.79 Å². The lowest BCUT2D eigenvalue weighted by Crippen LogP contribution is -2.38. The van der Waals surface area contributed by atoms with E-state index in [9.17, 15) is 4.79 Å². The van der Waals surface area contributed by atoms with Gasteiger partial charge in [0.05, 0.1) is 26.9 Å². The highest BCUT2D eigenvalue weighted by molar-refractivity contribution is 5.89. The lowest BCUT2D eigenvalue weighted by molar-refractivity contribution is 0.189. The topological polar surface area (TPSA) is 68.8 Å². The van der Waals surface area contributed by atoms with E-state index < -0.39 is 0 Å². The summed E-state index contributed by atoms with van der Waals surface area (Å²) in [6.07, 6.45) is 0.847. The van der Waals surface area contributed by atoms with Crippen molar-refractivity contribution in [3.05, 3.63) is 18.2 Å². The van der Waals surface area contributed by atoms with Crippen molar-refractivity contribution in [2.75, 3.05) is 32.8 Å². The molecule has 0 aliphatic carbocycles. The van der Waals surface area contributed by atoms with E-state index in [-0.39, 0.29) is 12.1 Å². The molecule has 1 saturated heterocycles. The first-order valence-electron chi connectivity index (χ1n) is 6.10. The van der Waals surface area contributed by atoms with Crippen LogP contribution in [0.5, 0.6) is 11.5 Å². The molecule has 104 valence electrons. The molecule has 1 heterocycles. The molecule has 1 aliphatic heterocycles. The van der Waals surface area contributed by atoms with Crippen LogP contribution in [0.4, 0.5) is 10.5 Å². The zero-order chi connectivity index (χ0) is 13.7. The number of anilines is 1. The van der Waals surface area contributed by atoms with Crippen LogP contribution in [0, 0.1) is 0 Å². The van der Waals surface area contributed by atoms with Gasteiger partial charge in [-0.3, -0.25) is 0 Å². The van der Waals surface area contributed by atoms with Crippen LogP contribution in [0.1, 0.15) is 6.42 Å². The molecular weight excluding hydrogens is 248 g/mol. The lowest BCUT2D eigenvalue weighted by atomic mass is 10.2. The highest BCUT2D eigenvalue weighted by Gasteiger charge is 2.17. The van der Waals surface area contributed by atoms with Crippen molar-refractivity contribution in [2.45, 2.75) is 12.5 Å². The summed E-state index contributed by atoms with van der Waals surface area (Å²) in [7, 11) is 3.12. The predicted molar refractivity (Wildman–Crippen MR) is 70.9 cm³/mol. The summed E-state index contributed by atoms with van der Waals surface area (Å²) in [6, 6.07) is 5.05. The van der Waals surface area contributed by atoms with Crippen molar-refractivity contribution in [1.82, 2.24) is 5.32 Å². The number of nitrogens with one attached hydrogen (secondary N) is 2. The van der Waals surface area contributed by atoms with Gasteiger partial charge in [-0.2, -0.15) is 0 Å². The maximum atomic E-state index is 11.8. The molecule has 1 fully saturated rings. The van der Waals surface area contributed by atoms with Gasteiger partial charge in [-0.1, -0.05) is 0 Å². The molecule has 0 aromatic heterocycles. The van der Waals surface area contributed by atoms with Crippen LogP contribution in [0.2, 0.25) is 0 Å². The number of hydrogen-bond donors (Lipinski definition) is 2. The quantitative estimate of drug-likeness (QED) is 0.868. The van der Waals surface area contributed by atoms with Crippen molar-refractivity contribution in [1.29, 1.82) is 0 Å². The zero-order valence-electron chi connectivity index (χ0n) is 11.1. The van der Waals surface area contributed by atoms with Gasteiger partial charge in [0.25, 0.3) is 0 Å². The summed E-state index contributed by atoms with van der Waals surface area (Å²) < 4.78 is 15.5. The Bertz CT molecular complexity index is 444. The number of urea groups is 1. The minimum absolute atomic E-state index is 0.0835. The summed E-state index contributed by atoms with van der Waals surface area (Å²) in [6.45, 7) is 1.26. The van der Waals surface area contributed by atoms with Gasteiger partial charge in [-0.15, -0.1) is 0 Å². The number of rotatable bonds is 4. The van der Waals surface area contributed by atoms with Crippen LogP contribution < -0.4 is 20.1 Å². The zero-order valence-corrected chi connectivity index (χ0v) is 11.1. The van der Waals surface area contributed by atoms with Gasteiger partial charge in [-0.05, 0) is 18.6 Å². The third kappa shape index (κ3) is 3.51. The molecule has 0 bridgehead atoms. The van der Waals surface area contributed by atoms with Crippen molar-refractivity contribution in [2.24, 2.45) is 0 Å². The molecule has 0 saturated carbocycles. The number of carbonyl (C=O) groups is 1. The number of benzene rings is 1. The average molecular weight is 266 g/mol. The van der Waals surface area contributed by atoms with Crippen LogP contribution in [0.15, 0.2) is 18.2 Å². The fourth-order valence-electron chi connectivity index (χ4n) is 1.91. The molecule has 1 aromatic rings. The van der Waals surface area contributed by atoms with Gasteiger partial charge in [0.15, 0.2) is 11.5 Å². The summed E-state index contributed by atoms with van der Waals surface area (Å²) in [4.78, 5) is 11.8. The van der Waals surface area contributed by atoms with E-state index in [0.29, 0.717) is 30.4 Å². The third-order valence-corrected chi connectivity index (χ3v) is 2.91.